The topological polar surface area (TPSA) is 196 Å². The molecule has 12 heteroatoms. The zero-order valence-electron chi connectivity index (χ0n) is 23.1. The van der Waals surface area contributed by atoms with Crippen LogP contribution < -0.4 is 0 Å². The zero-order valence-corrected chi connectivity index (χ0v) is 23.1. The molecule has 2 fully saturated rings. The number of rotatable bonds is 19. The maximum atomic E-state index is 12.6. The Bertz CT molecular complexity index is 679. The van der Waals surface area contributed by atoms with Gasteiger partial charge in [-0.25, -0.2) is 0 Å². The van der Waals surface area contributed by atoms with Gasteiger partial charge in [-0.15, -0.1) is 0 Å². The number of unbranched alkanes of at least 4 members (excludes halogenated alkanes) is 11. The monoisotopic (exact) mass is 566 g/mol. The van der Waals surface area contributed by atoms with Gasteiger partial charge in [0.1, 0.15) is 43.2 Å². The van der Waals surface area contributed by atoms with Crippen molar-refractivity contribution in [2.75, 3.05) is 19.8 Å². The lowest BCUT2D eigenvalue weighted by Gasteiger charge is -2.43. The van der Waals surface area contributed by atoms with Crippen LogP contribution in [0.1, 0.15) is 90.4 Å². The molecule has 2 aliphatic rings. The smallest absolute Gasteiger partial charge is 0.306 e. The lowest BCUT2D eigenvalue weighted by Crippen LogP contribution is -2.63. The van der Waals surface area contributed by atoms with Crippen molar-refractivity contribution in [1.82, 2.24) is 0 Å². The highest BCUT2D eigenvalue weighted by molar-refractivity contribution is 5.69. The van der Waals surface area contributed by atoms with Gasteiger partial charge in [-0.3, -0.25) is 4.79 Å². The molecule has 0 aromatic rings. The quantitative estimate of drug-likeness (QED) is 0.0833. The van der Waals surface area contributed by atoms with Crippen LogP contribution in [0.15, 0.2) is 0 Å². The highest BCUT2D eigenvalue weighted by Gasteiger charge is 2.60. The number of carbonyl (C=O) groups is 1. The van der Waals surface area contributed by atoms with Crippen LogP contribution in [-0.4, -0.2) is 116 Å². The molecule has 0 aromatic carbocycles. The second kappa shape index (κ2) is 17.8. The number of aliphatic hydroxyl groups is 7. The standard InChI is InChI=1S/C27H50O12/c1-2-3-4-5-6-7-8-9-10-11-12-13-14-20(31)37-25-22(33)19(16-29)38-27(25,17-30)39-26-24(35)23(34)21(32)18(15-28)36-26/h18-19,21-26,28-30,32-35H,2-17H2,1H3/t18-,19-,21-,22-,23+,24-,25+,26-,27+/m1/s1. The predicted octanol–water partition coefficient (Wildman–Crippen LogP) is 0.247. The van der Waals surface area contributed by atoms with Crippen molar-refractivity contribution in [2.45, 2.75) is 145 Å². The summed E-state index contributed by atoms with van der Waals surface area (Å²) in [4.78, 5) is 12.6. The van der Waals surface area contributed by atoms with Crippen molar-refractivity contribution in [3.8, 4) is 0 Å². The maximum absolute atomic E-state index is 12.6. The van der Waals surface area contributed by atoms with Crippen molar-refractivity contribution >= 4 is 5.97 Å². The van der Waals surface area contributed by atoms with Crippen LogP contribution in [0.4, 0.5) is 0 Å². The highest BCUT2D eigenvalue weighted by atomic mass is 16.8. The normalized spacial score (nSPS) is 34.9. The number of esters is 1. The van der Waals surface area contributed by atoms with E-state index in [0.29, 0.717) is 6.42 Å². The van der Waals surface area contributed by atoms with Crippen LogP contribution in [0.3, 0.4) is 0 Å². The van der Waals surface area contributed by atoms with Gasteiger partial charge in [0.2, 0.25) is 5.79 Å². The molecule has 39 heavy (non-hydrogen) atoms. The van der Waals surface area contributed by atoms with Gasteiger partial charge in [0, 0.05) is 6.42 Å². The van der Waals surface area contributed by atoms with E-state index >= 15 is 0 Å². The first-order valence-electron chi connectivity index (χ1n) is 14.5. The van der Waals surface area contributed by atoms with Crippen LogP contribution >= 0.6 is 0 Å². The molecule has 0 spiro atoms. The first kappa shape index (κ1) is 34.3. The predicted molar refractivity (Wildman–Crippen MR) is 138 cm³/mol. The van der Waals surface area contributed by atoms with Crippen molar-refractivity contribution in [2.24, 2.45) is 0 Å². The van der Waals surface area contributed by atoms with Gasteiger partial charge in [0.25, 0.3) is 0 Å². The van der Waals surface area contributed by atoms with E-state index in [0.717, 1.165) is 19.3 Å². The maximum Gasteiger partial charge on any atom is 0.306 e. The fourth-order valence-electron chi connectivity index (χ4n) is 5.08. The van der Waals surface area contributed by atoms with Gasteiger partial charge < -0.3 is 54.7 Å². The summed E-state index contributed by atoms with van der Waals surface area (Å²) in [5.41, 5.74) is 0. The molecule has 9 atom stereocenters. The van der Waals surface area contributed by atoms with Crippen LogP contribution in [0, 0.1) is 0 Å². The molecule has 0 radical (unpaired) electrons. The first-order valence-corrected chi connectivity index (χ1v) is 14.5. The largest absolute Gasteiger partial charge is 0.454 e. The Balaban J connectivity index is 1.83. The van der Waals surface area contributed by atoms with E-state index in [1.165, 1.54) is 51.4 Å². The zero-order chi connectivity index (χ0) is 28.8. The molecule has 230 valence electrons. The van der Waals surface area contributed by atoms with Gasteiger partial charge in [-0.2, -0.15) is 0 Å². The number of hydrogen-bond donors (Lipinski definition) is 7. The molecular formula is C27H50O12. The summed E-state index contributed by atoms with van der Waals surface area (Å²) in [6, 6.07) is 0. The Morgan fingerprint density at radius 1 is 0.718 bits per heavy atom. The number of carbonyl (C=O) groups excluding carboxylic acids is 1. The second-order valence-electron chi connectivity index (χ2n) is 10.7. The Morgan fingerprint density at radius 3 is 1.77 bits per heavy atom. The minimum atomic E-state index is -2.24. The van der Waals surface area contributed by atoms with Crippen LogP contribution in [0.25, 0.3) is 0 Å². The molecule has 0 aromatic heterocycles. The molecule has 2 heterocycles. The van der Waals surface area contributed by atoms with Crippen molar-refractivity contribution < 1.29 is 59.5 Å². The van der Waals surface area contributed by atoms with Crippen molar-refractivity contribution in [3.05, 3.63) is 0 Å². The van der Waals surface area contributed by atoms with Gasteiger partial charge in [-0.05, 0) is 6.42 Å². The lowest BCUT2D eigenvalue weighted by atomic mass is 9.99. The summed E-state index contributed by atoms with van der Waals surface area (Å²) in [7, 11) is 0. The summed E-state index contributed by atoms with van der Waals surface area (Å²) >= 11 is 0. The number of hydrogen-bond acceptors (Lipinski definition) is 12. The van der Waals surface area contributed by atoms with E-state index in [4.69, 9.17) is 18.9 Å². The average Bonchev–Trinajstić information content (AvgIpc) is 3.20. The minimum absolute atomic E-state index is 0.0615. The van der Waals surface area contributed by atoms with E-state index in [2.05, 4.69) is 6.92 Å². The summed E-state index contributed by atoms with van der Waals surface area (Å²) in [6.45, 7) is -0.152. The molecule has 7 N–H and O–H groups in total. The first-order chi connectivity index (χ1) is 18.7. The van der Waals surface area contributed by atoms with Crippen molar-refractivity contribution in [3.63, 3.8) is 0 Å². The van der Waals surface area contributed by atoms with E-state index in [1.807, 2.05) is 0 Å². The van der Waals surface area contributed by atoms with E-state index in [1.54, 1.807) is 0 Å². The Hall–Kier alpha value is -0.930. The van der Waals surface area contributed by atoms with Gasteiger partial charge in [0.15, 0.2) is 12.4 Å². The van der Waals surface area contributed by atoms with Crippen LogP contribution in [-0.2, 0) is 23.7 Å². The Morgan fingerprint density at radius 2 is 1.26 bits per heavy atom. The molecular weight excluding hydrogens is 516 g/mol. The molecule has 2 aliphatic heterocycles. The molecule has 12 nitrogen and oxygen atoms in total. The summed E-state index contributed by atoms with van der Waals surface area (Å²) in [5, 5.41) is 70.2. The molecule has 0 unspecified atom stereocenters. The van der Waals surface area contributed by atoms with Crippen molar-refractivity contribution in [1.29, 1.82) is 0 Å². The van der Waals surface area contributed by atoms with Crippen LogP contribution in [0.5, 0.6) is 0 Å². The summed E-state index contributed by atoms with van der Waals surface area (Å²) in [6.07, 6.45) is 0.985. The van der Waals surface area contributed by atoms with E-state index in [9.17, 15) is 40.5 Å². The molecule has 2 saturated heterocycles. The highest BCUT2D eigenvalue weighted by Crippen LogP contribution is 2.38. The summed E-state index contributed by atoms with van der Waals surface area (Å²) < 4.78 is 21.9. The molecule has 0 aliphatic carbocycles. The molecule has 0 amide bonds. The fourth-order valence-corrected chi connectivity index (χ4v) is 5.08. The Labute approximate surface area is 230 Å². The molecule has 2 rings (SSSR count). The minimum Gasteiger partial charge on any atom is -0.454 e. The molecule has 0 bridgehead atoms. The van der Waals surface area contributed by atoms with Gasteiger partial charge in [0.05, 0.1) is 13.2 Å². The van der Waals surface area contributed by atoms with Crippen LogP contribution in [0.2, 0.25) is 0 Å². The number of aliphatic hydroxyl groups excluding tert-OH is 7. The van der Waals surface area contributed by atoms with E-state index in [-0.39, 0.29) is 6.42 Å². The lowest BCUT2D eigenvalue weighted by molar-refractivity contribution is -0.383. The Kier molecular flexibility index (Phi) is 15.6. The third kappa shape index (κ3) is 9.84. The number of ether oxygens (including phenoxy) is 4. The summed E-state index contributed by atoms with van der Waals surface area (Å²) in [5.74, 6) is -2.91. The second-order valence-corrected chi connectivity index (χ2v) is 10.7. The third-order valence-electron chi connectivity index (χ3n) is 7.53. The molecule has 0 saturated carbocycles. The van der Waals surface area contributed by atoms with Gasteiger partial charge >= 0.3 is 5.97 Å². The SMILES string of the molecule is CCCCCCCCCCCCCCC(=O)O[C@H]1[C@H](O)[C@@H](CO)O[C@@]1(CO)O[C@H]1O[C@H](CO)[C@@H](O)[C@H](O)[C@H]1O. The fraction of sp³-hybridized carbons (Fsp3) is 0.963. The average molecular weight is 567 g/mol. The third-order valence-corrected chi connectivity index (χ3v) is 7.53. The van der Waals surface area contributed by atoms with E-state index < -0.39 is 80.6 Å². The van der Waals surface area contributed by atoms with Gasteiger partial charge in [-0.1, -0.05) is 77.6 Å².